The van der Waals surface area contributed by atoms with Gasteiger partial charge in [0.15, 0.2) is 0 Å². The Balaban J connectivity index is 1.30. The lowest BCUT2D eigenvalue weighted by molar-refractivity contribution is -0.123. The standard InChI is InChI=1S/C21H22Br2N2O4/c22-17-13-8-14(18(17)23)16-15(13)20(27)25(21(16)28)11-5-3-10(4-6-11)19(26)24-9-12-2-1-7-29-12/h3-6,12-18H,1-2,7-9H2,(H,24,26)/t12-,13+,14+,15-,16+,17-,18+/m0/s1. The van der Waals surface area contributed by atoms with Crippen LogP contribution in [0.1, 0.15) is 29.6 Å². The van der Waals surface area contributed by atoms with Crippen LogP contribution in [0, 0.1) is 23.7 Å². The number of ether oxygens (including phenoxy) is 1. The van der Waals surface area contributed by atoms with Crippen LogP contribution in [-0.2, 0) is 14.3 Å². The number of carbonyl (C=O) groups excluding carboxylic acids is 3. The molecule has 0 aromatic heterocycles. The van der Waals surface area contributed by atoms with E-state index in [9.17, 15) is 14.4 Å². The number of fused-ring (bicyclic) bond motifs is 5. The fraction of sp³-hybridized carbons (Fsp3) is 0.571. The summed E-state index contributed by atoms with van der Waals surface area (Å²) in [5, 5.41) is 2.89. The summed E-state index contributed by atoms with van der Waals surface area (Å²) in [5.41, 5.74) is 1.05. The van der Waals surface area contributed by atoms with E-state index in [1.54, 1.807) is 24.3 Å². The Morgan fingerprint density at radius 3 is 2.24 bits per heavy atom. The van der Waals surface area contributed by atoms with Gasteiger partial charge in [0.1, 0.15) is 0 Å². The minimum absolute atomic E-state index is 0.0874. The van der Waals surface area contributed by atoms with Crippen LogP contribution < -0.4 is 10.2 Å². The number of halogens is 2. The van der Waals surface area contributed by atoms with Crippen molar-refractivity contribution in [3.8, 4) is 0 Å². The number of imide groups is 1. The van der Waals surface area contributed by atoms with Crippen LogP contribution >= 0.6 is 31.9 Å². The van der Waals surface area contributed by atoms with Crippen LogP contribution in [0.15, 0.2) is 24.3 Å². The Bertz CT molecular complexity index is 823. The molecule has 0 radical (unpaired) electrons. The molecule has 3 amide bonds. The van der Waals surface area contributed by atoms with Gasteiger partial charge in [0.25, 0.3) is 5.91 Å². The zero-order chi connectivity index (χ0) is 20.3. The Morgan fingerprint density at radius 1 is 1.07 bits per heavy atom. The Kier molecular flexibility index (Phi) is 5.07. The molecule has 29 heavy (non-hydrogen) atoms. The van der Waals surface area contributed by atoms with Gasteiger partial charge in [-0.3, -0.25) is 19.3 Å². The van der Waals surface area contributed by atoms with Gasteiger partial charge in [-0.15, -0.1) is 0 Å². The van der Waals surface area contributed by atoms with Gasteiger partial charge in [0.2, 0.25) is 11.8 Å². The second-order valence-electron chi connectivity index (χ2n) is 8.41. The molecule has 0 spiro atoms. The summed E-state index contributed by atoms with van der Waals surface area (Å²) in [5.74, 6) is -0.471. The highest BCUT2D eigenvalue weighted by Gasteiger charge is 2.66. The van der Waals surface area contributed by atoms with Crippen molar-refractivity contribution in [1.29, 1.82) is 0 Å². The Labute approximate surface area is 186 Å². The fourth-order valence-electron chi connectivity index (χ4n) is 5.48. The van der Waals surface area contributed by atoms with E-state index in [4.69, 9.17) is 4.74 Å². The first-order valence-electron chi connectivity index (χ1n) is 10.1. The number of nitrogens with zero attached hydrogens (tertiary/aromatic N) is 1. The molecule has 4 fully saturated rings. The second-order valence-corrected chi connectivity index (χ2v) is 10.5. The molecule has 2 aliphatic carbocycles. The molecule has 2 bridgehead atoms. The highest BCUT2D eigenvalue weighted by atomic mass is 79.9. The quantitative estimate of drug-likeness (QED) is 0.484. The summed E-state index contributed by atoms with van der Waals surface area (Å²) in [4.78, 5) is 40.3. The van der Waals surface area contributed by atoms with Crippen molar-refractivity contribution in [2.24, 2.45) is 23.7 Å². The fourth-order valence-corrected chi connectivity index (χ4v) is 7.35. The van der Waals surface area contributed by atoms with Gasteiger partial charge in [-0.2, -0.15) is 0 Å². The zero-order valence-electron chi connectivity index (χ0n) is 15.7. The van der Waals surface area contributed by atoms with Crippen molar-refractivity contribution < 1.29 is 19.1 Å². The number of anilines is 1. The summed E-state index contributed by atoms with van der Waals surface area (Å²) in [6, 6.07) is 6.72. The summed E-state index contributed by atoms with van der Waals surface area (Å²) < 4.78 is 5.52. The van der Waals surface area contributed by atoms with Crippen molar-refractivity contribution in [1.82, 2.24) is 5.32 Å². The van der Waals surface area contributed by atoms with E-state index in [1.165, 1.54) is 4.90 Å². The average molecular weight is 526 g/mol. The lowest BCUT2D eigenvalue weighted by atomic mass is 9.81. The number of nitrogens with one attached hydrogen (secondary N) is 1. The number of rotatable bonds is 4. The topological polar surface area (TPSA) is 75.7 Å². The predicted octanol–water partition coefficient (Wildman–Crippen LogP) is 2.88. The molecule has 7 atom stereocenters. The number of alkyl halides is 2. The number of benzene rings is 1. The van der Waals surface area contributed by atoms with Gasteiger partial charge in [0, 0.05) is 28.4 Å². The lowest BCUT2D eigenvalue weighted by Crippen LogP contribution is -2.37. The van der Waals surface area contributed by atoms with Crippen LogP contribution in [0.4, 0.5) is 5.69 Å². The first-order valence-corrected chi connectivity index (χ1v) is 12.0. The molecule has 154 valence electrons. The molecule has 0 unspecified atom stereocenters. The van der Waals surface area contributed by atoms with Gasteiger partial charge in [-0.05, 0) is 55.4 Å². The molecule has 1 aromatic rings. The van der Waals surface area contributed by atoms with Gasteiger partial charge in [0.05, 0.1) is 23.6 Å². The molecular weight excluding hydrogens is 504 g/mol. The van der Waals surface area contributed by atoms with Crippen LogP contribution in [0.25, 0.3) is 0 Å². The lowest BCUT2D eigenvalue weighted by Gasteiger charge is -2.28. The molecular formula is C21H22Br2N2O4. The minimum Gasteiger partial charge on any atom is -0.376 e. The third-order valence-electron chi connectivity index (χ3n) is 6.89. The van der Waals surface area contributed by atoms with Crippen molar-refractivity contribution >= 4 is 55.3 Å². The van der Waals surface area contributed by atoms with Crippen molar-refractivity contribution in [2.75, 3.05) is 18.1 Å². The van der Waals surface area contributed by atoms with Gasteiger partial charge < -0.3 is 10.1 Å². The Morgan fingerprint density at radius 2 is 1.69 bits per heavy atom. The Hall–Kier alpha value is -1.25. The maximum atomic E-state index is 13.1. The summed E-state index contributed by atoms with van der Waals surface area (Å²) in [6.07, 6.45) is 3.00. The maximum Gasteiger partial charge on any atom is 0.251 e. The number of amides is 3. The summed E-state index contributed by atoms with van der Waals surface area (Å²) in [7, 11) is 0. The minimum atomic E-state index is -0.236. The maximum absolute atomic E-state index is 13.1. The second kappa shape index (κ2) is 7.46. The van der Waals surface area contributed by atoms with Crippen molar-refractivity contribution in [2.45, 2.75) is 35.0 Å². The molecule has 2 aliphatic heterocycles. The molecule has 4 aliphatic rings. The van der Waals surface area contributed by atoms with Crippen molar-refractivity contribution in [3.63, 3.8) is 0 Å². The van der Waals surface area contributed by atoms with E-state index in [-0.39, 0.29) is 57.2 Å². The largest absolute Gasteiger partial charge is 0.376 e. The molecule has 2 saturated carbocycles. The van der Waals surface area contributed by atoms with E-state index in [0.717, 1.165) is 25.9 Å². The summed E-state index contributed by atoms with van der Waals surface area (Å²) >= 11 is 7.41. The van der Waals surface area contributed by atoms with E-state index >= 15 is 0 Å². The van der Waals surface area contributed by atoms with Crippen LogP contribution in [0.3, 0.4) is 0 Å². The monoisotopic (exact) mass is 524 g/mol. The molecule has 1 aromatic carbocycles. The SMILES string of the molecule is O=C(NC[C@@H]1CCCO1)c1ccc(N2C(=O)[C@@H]3[C@H]4C[C@@H]([C@H](Br)[C@@H]4Br)[C@@H]3C2=O)cc1. The smallest absolute Gasteiger partial charge is 0.251 e. The molecule has 2 heterocycles. The third kappa shape index (κ3) is 3.10. The third-order valence-corrected chi connectivity index (χ3v) is 10.1. The molecule has 1 N–H and O–H groups in total. The first-order chi connectivity index (χ1) is 14.0. The van der Waals surface area contributed by atoms with E-state index in [1.807, 2.05) is 0 Å². The zero-order valence-corrected chi connectivity index (χ0v) is 18.9. The molecule has 5 rings (SSSR count). The number of hydrogen-bond acceptors (Lipinski definition) is 4. The van der Waals surface area contributed by atoms with Gasteiger partial charge >= 0.3 is 0 Å². The highest BCUT2D eigenvalue weighted by molar-refractivity contribution is 9.12. The highest BCUT2D eigenvalue weighted by Crippen LogP contribution is 2.60. The van der Waals surface area contributed by atoms with E-state index in [0.29, 0.717) is 17.8 Å². The van der Waals surface area contributed by atoms with E-state index < -0.39 is 0 Å². The number of hydrogen-bond donors (Lipinski definition) is 1. The van der Waals surface area contributed by atoms with Crippen molar-refractivity contribution in [3.05, 3.63) is 29.8 Å². The van der Waals surface area contributed by atoms with Gasteiger partial charge in [-0.1, -0.05) is 31.9 Å². The van der Waals surface area contributed by atoms with Crippen LogP contribution in [0.5, 0.6) is 0 Å². The molecule has 2 saturated heterocycles. The molecule has 6 nitrogen and oxygen atoms in total. The van der Waals surface area contributed by atoms with Gasteiger partial charge in [-0.25, -0.2) is 0 Å². The summed E-state index contributed by atoms with van der Waals surface area (Å²) in [6.45, 7) is 1.25. The van der Waals surface area contributed by atoms with Crippen LogP contribution in [0.2, 0.25) is 0 Å². The normalized spacial score (nSPS) is 38.0. The first kappa shape index (κ1) is 19.7. The van der Waals surface area contributed by atoms with Crippen LogP contribution in [-0.4, -0.2) is 46.6 Å². The number of carbonyl (C=O) groups is 3. The predicted molar refractivity (Wildman–Crippen MR) is 114 cm³/mol. The van der Waals surface area contributed by atoms with E-state index in [2.05, 4.69) is 37.2 Å². The average Bonchev–Trinajstić information content (AvgIpc) is 3.47. The molecule has 8 heteroatoms.